The Bertz CT molecular complexity index is 930. The fourth-order valence-electron chi connectivity index (χ4n) is 2.85. The number of nitrogens with one attached hydrogen (secondary N) is 1. The predicted molar refractivity (Wildman–Crippen MR) is 104 cm³/mol. The average Bonchev–Trinajstić information content (AvgIpc) is 3.30. The van der Waals surface area contributed by atoms with Crippen LogP contribution in [0, 0.1) is 13.8 Å². The molecule has 2 heterocycles. The number of esters is 1. The highest BCUT2D eigenvalue weighted by Crippen LogP contribution is 2.23. The fourth-order valence-corrected chi connectivity index (χ4v) is 3.63. The molecule has 1 aromatic carbocycles. The smallest absolute Gasteiger partial charge is 0.307 e. The van der Waals surface area contributed by atoms with Gasteiger partial charge < -0.3 is 10.1 Å². The van der Waals surface area contributed by atoms with Gasteiger partial charge in [0.2, 0.25) is 0 Å². The number of rotatable bonds is 6. The van der Waals surface area contributed by atoms with Crippen LogP contribution in [0.5, 0.6) is 0 Å². The molecule has 7 heteroatoms. The molecule has 0 spiro atoms. The predicted octanol–water partition coefficient (Wildman–Crippen LogP) is 3.58. The molecule has 6 nitrogen and oxygen atoms in total. The van der Waals surface area contributed by atoms with E-state index < -0.39 is 6.04 Å². The second-order valence-corrected chi connectivity index (χ2v) is 7.19. The lowest BCUT2D eigenvalue weighted by Gasteiger charge is -2.16. The molecule has 0 bridgehead atoms. The quantitative estimate of drug-likeness (QED) is 0.660. The van der Waals surface area contributed by atoms with Gasteiger partial charge in [0.25, 0.3) is 5.91 Å². The van der Waals surface area contributed by atoms with Gasteiger partial charge in [-0.05, 0) is 55.6 Å². The van der Waals surface area contributed by atoms with Crippen molar-refractivity contribution in [3.8, 4) is 5.69 Å². The van der Waals surface area contributed by atoms with Gasteiger partial charge in [-0.2, -0.15) is 5.10 Å². The third-order valence-electron chi connectivity index (χ3n) is 4.17. The molecule has 0 radical (unpaired) electrons. The summed E-state index contributed by atoms with van der Waals surface area (Å²) in [6.45, 7) is 3.93. The van der Waals surface area contributed by atoms with E-state index in [2.05, 4.69) is 10.4 Å². The van der Waals surface area contributed by atoms with E-state index in [0.717, 1.165) is 22.0 Å². The zero-order valence-electron chi connectivity index (χ0n) is 15.4. The fraction of sp³-hybridized carbons (Fsp3) is 0.250. The van der Waals surface area contributed by atoms with E-state index in [1.165, 1.54) is 18.4 Å². The van der Waals surface area contributed by atoms with Crippen LogP contribution in [0.4, 0.5) is 0 Å². The van der Waals surface area contributed by atoms with Crippen molar-refractivity contribution in [2.75, 3.05) is 7.11 Å². The Morgan fingerprint density at radius 2 is 1.96 bits per heavy atom. The van der Waals surface area contributed by atoms with E-state index in [9.17, 15) is 9.59 Å². The van der Waals surface area contributed by atoms with Gasteiger partial charge in [-0.25, -0.2) is 4.68 Å². The lowest BCUT2D eigenvalue weighted by molar-refractivity contribution is -0.141. The molecule has 27 heavy (non-hydrogen) atoms. The van der Waals surface area contributed by atoms with Crippen molar-refractivity contribution in [3.63, 3.8) is 0 Å². The standard InChI is InChI=1S/C20H21N3O3S/c1-13-11-14(2)23(22-13)16-8-6-15(7-9-16)20(25)21-17(12-19(24)26-3)18-5-4-10-27-18/h4-11,17H,12H2,1-3H3,(H,21,25). The molecule has 0 saturated heterocycles. The van der Waals surface area contributed by atoms with Gasteiger partial charge in [0, 0.05) is 16.1 Å². The highest BCUT2D eigenvalue weighted by atomic mass is 32.1. The molecule has 0 aliphatic carbocycles. The Labute approximate surface area is 161 Å². The molecule has 1 unspecified atom stereocenters. The first-order valence-electron chi connectivity index (χ1n) is 8.52. The Morgan fingerprint density at radius 1 is 1.22 bits per heavy atom. The SMILES string of the molecule is COC(=O)CC(NC(=O)c1ccc(-n2nc(C)cc2C)cc1)c1cccs1. The molecular formula is C20H21N3O3S. The summed E-state index contributed by atoms with van der Waals surface area (Å²) >= 11 is 1.49. The zero-order valence-corrected chi connectivity index (χ0v) is 16.2. The van der Waals surface area contributed by atoms with E-state index >= 15 is 0 Å². The monoisotopic (exact) mass is 383 g/mol. The molecule has 1 N–H and O–H groups in total. The van der Waals surface area contributed by atoms with Gasteiger partial charge in [0.1, 0.15) is 0 Å². The summed E-state index contributed by atoms with van der Waals surface area (Å²) in [6.07, 6.45) is 0.0899. The molecule has 3 aromatic rings. The van der Waals surface area contributed by atoms with Crippen LogP contribution in [0.3, 0.4) is 0 Å². The second kappa shape index (κ2) is 8.18. The van der Waals surface area contributed by atoms with Crippen LogP contribution in [0.2, 0.25) is 0 Å². The zero-order chi connectivity index (χ0) is 19.4. The Hall–Kier alpha value is -2.93. The number of nitrogens with zero attached hydrogens (tertiary/aromatic N) is 2. The molecule has 2 aromatic heterocycles. The largest absolute Gasteiger partial charge is 0.469 e. The molecule has 1 amide bonds. The van der Waals surface area contributed by atoms with Gasteiger partial charge in [0.05, 0.1) is 31.0 Å². The summed E-state index contributed by atoms with van der Waals surface area (Å²) in [5, 5.41) is 9.28. The van der Waals surface area contributed by atoms with Crippen molar-refractivity contribution in [3.05, 3.63) is 69.7 Å². The molecular weight excluding hydrogens is 362 g/mol. The number of carbonyl (C=O) groups excluding carboxylic acids is 2. The maximum Gasteiger partial charge on any atom is 0.307 e. The van der Waals surface area contributed by atoms with Gasteiger partial charge in [-0.3, -0.25) is 9.59 Å². The number of amides is 1. The highest BCUT2D eigenvalue weighted by Gasteiger charge is 2.20. The van der Waals surface area contributed by atoms with Crippen LogP contribution in [0.25, 0.3) is 5.69 Å². The topological polar surface area (TPSA) is 73.2 Å². The average molecular weight is 383 g/mol. The minimum absolute atomic E-state index is 0.0899. The number of ether oxygens (including phenoxy) is 1. The minimum atomic E-state index is -0.416. The molecule has 0 aliphatic heterocycles. The normalized spacial score (nSPS) is 11.8. The summed E-state index contributed by atoms with van der Waals surface area (Å²) in [5.41, 5.74) is 3.38. The minimum Gasteiger partial charge on any atom is -0.469 e. The summed E-state index contributed by atoms with van der Waals surface area (Å²) in [4.78, 5) is 25.3. The number of benzene rings is 1. The summed E-state index contributed by atoms with van der Waals surface area (Å²) in [5.74, 6) is -0.606. The van der Waals surface area contributed by atoms with Crippen molar-refractivity contribution in [1.29, 1.82) is 0 Å². The van der Waals surface area contributed by atoms with Gasteiger partial charge in [-0.15, -0.1) is 11.3 Å². The van der Waals surface area contributed by atoms with E-state index in [-0.39, 0.29) is 18.3 Å². The van der Waals surface area contributed by atoms with Crippen LogP contribution in [0.1, 0.15) is 39.1 Å². The van der Waals surface area contributed by atoms with E-state index in [4.69, 9.17) is 4.74 Å². The van der Waals surface area contributed by atoms with Crippen LogP contribution < -0.4 is 5.32 Å². The number of hydrogen-bond acceptors (Lipinski definition) is 5. The number of aryl methyl sites for hydroxylation is 2. The van der Waals surface area contributed by atoms with E-state index in [1.807, 2.05) is 54.2 Å². The van der Waals surface area contributed by atoms with Crippen LogP contribution >= 0.6 is 11.3 Å². The number of thiophene rings is 1. The third-order valence-corrected chi connectivity index (χ3v) is 5.16. The molecule has 0 saturated carbocycles. The molecule has 0 fully saturated rings. The molecule has 140 valence electrons. The molecule has 0 aliphatic rings. The van der Waals surface area contributed by atoms with Crippen molar-refractivity contribution >= 4 is 23.2 Å². The molecule has 1 atom stereocenters. The lowest BCUT2D eigenvalue weighted by atomic mass is 10.1. The van der Waals surface area contributed by atoms with Crippen LogP contribution in [0.15, 0.2) is 47.8 Å². The van der Waals surface area contributed by atoms with Crippen molar-refractivity contribution < 1.29 is 14.3 Å². The maximum atomic E-state index is 12.7. The highest BCUT2D eigenvalue weighted by molar-refractivity contribution is 7.10. The van der Waals surface area contributed by atoms with Crippen molar-refractivity contribution in [1.82, 2.24) is 15.1 Å². The number of hydrogen-bond donors (Lipinski definition) is 1. The second-order valence-electron chi connectivity index (χ2n) is 6.21. The van der Waals surface area contributed by atoms with Gasteiger partial charge >= 0.3 is 5.97 Å². The summed E-state index contributed by atoms with van der Waals surface area (Å²) in [6, 6.07) is 12.6. The summed E-state index contributed by atoms with van der Waals surface area (Å²) in [7, 11) is 1.34. The van der Waals surface area contributed by atoms with Crippen LogP contribution in [-0.4, -0.2) is 28.8 Å². The first-order chi connectivity index (χ1) is 13.0. The van der Waals surface area contributed by atoms with Gasteiger partial charge in [0.15, 0.2) is 0 Å². The Kier molecular flexibility index (Phi) is 5.71. The number of aromatic nitrogens is 2. The first-order valence-corrected chi connectivity index (χ1v) is 9.40. The number of methoxy groups -OCH3 is 1. The number of carbonyl (C=O) groups is 2. The van der Waals surface area contributed by atoms with E-state index in [1.54, 1.807) is 12.1 Å². The lowest BCUT2D eigenvalue weighted by Crippen LogP contribution is -2.30. The maximum absolute atomic E-state index is 12.7. The third kappa shape index (κ3) is 4.43. The van der Waals surface area contributed by atoms with Crippen molar-refractivity contribution in [2.24, 2.45) is 0 Å². The van der Waals surface area contributed by atoms with Crippen LogP contribution in [-0.2, 0) is 9.53 Å². The van der Waals surface area contributed by atoms with Crippen molar-refractivity contribution in [2.45, 2.75) is 26.3 Å². The first kappa shape index (κ1) is 18.8. The molecule has 3 rings (SSSR count). The van der Waals surface area contributed by atoms with E-state index in [0.29, 0.717) is 5.56 Å². The summed E-state index contributed by atoms with van der Waals surface area (Å²) < 4.78 is 6.58. The Balaban J connectivity index is 1.76. The Morgan fingerprint density at radius 3 is 2.52 bits per heavy atom. The van der Waals surface area contributed by atoms with Gasteiger partial charge in [-0.1, -0.05) is 6.07 Å².